The normalized spacial score (nSPS) is 14.2. The minimum absolute atomic E-state index is 0.198. The average molecular weight is 470 g/mol. The fourth-order valence-electron chi connectivity index (χ4n) is 4.28. The summed E-state index contributed by atoms with van der Waals surface area (Å²) in [5, 5.41) is 9.29. The van der Waals surface area contributed by atoms with Crippen LogP contribution in [0.25, 0.3) is 27.9 Å². The highest BCUT2D eigenvalue weighted by Crippen LogP contribution is 2.29. The summed E-state index contributed by atoms with van der Waals surface area (Å²) in [5.74, 6) is 0.414. The van der Waals surface area contributed by atoms with E-state index in [4.69, 9.17) is 5.73 Å². The van der Waals surface area contributed by atoms with E-state index in [1.807, 2.05) is 19.2 Å². The maximum atomic E-state index is 12.0. The van der Waals surface area contributed by atoms with Crippen LogP contribution >= 0.6 is 0 Å². The van der Waals surface area contributed by atoms with Crippen LogP contribution in [0.1, 0.15) is 28.3 Å². The van der Waals surface area contributed by atoms with Crippen LogP contribution in [0, 0.1) is 0 Å². The van der Waals surface area contributed by atoms with E-state index >= 15 is 0 Å². The fraction of sp³-hybridized carbons (Fsp3) is 0.280. The number of nitrogens with zero attached hydrogens (tertiary/aromatic N) is 8. The minimum atomic E-state index is -0.198. The van der Waals surface area contributed by atoms with E-state index < -0.39 is 0 Å². The highest BCUT2D eigenvalue weighted by Gasteiger charge is 2.19. The zero-order valence-corrected chi connectivity index (χ0v) is 20.0. The second-order valence-corrected chi connectivity index (χ2v) is 8.84. The van der Waals surface area contributed by atoms with E-state index in [9.17, 15) is 4.79 Å². The number of nitrogen functional groups attached to an aromatic ring is 1. The van der Waals surface area contributed by atoms with Crippen LogP contribution in [0.3, 0.4) is 0 Å². The maximum absolute atomic E-state index is 12.0. The van der Waals surface area contributed by atoms with Crippen molar-refractivity contribution in [1.29, 1.82) is 0 Å². The van der Waals surface area contributed by atoms with Gasteiger partial charge < -0.3 is 15.2 Å². The molecule has 4 aromatic heterocycles. The first-order chi connectivity index (χ1) is 16.9. The molecule has 0 spiro atoms. The van der Waals surface area contributed by atoms with Crippen LogP contribution < -0.4 is 5.73 Å². The topological polar surface area (TPSA) is 119 Å². The Morgan fingerprint density at radius 1 is 1.11 bits per heavy atom. The van der Waals surface area contributed by atoms with E-state index in [0.717, 1.165) is 53.9 Å². The summed E-state index contributed by atoms with van der Waals surface area (Å²) in [6, 6.07) is 7.78. The molecule has 0 saturated carbocycles. The largest absolute Gasteiger partial charge is 0.382 e. The van der Waals surface area contributed by atoms with Gasteiger partial charge in [-0.3, -0.25) is 9.69 Å². The lowest BCUT2D eigenvalue weighted by Gasteiger charge is -2.26. The van der Waals surface area contributed by atoms with E-state index in [2.05, 4.69) is 46.8 Å². The zero-order chi connectivity index (χ0) is 24.5. The Kier molecular flexibility index (Phi) is 5.96. The van der Waals surface area contributed by atoms with Gasteiger partial charge in [-0.1, -0.05) is 6.08 Å². The molecule has 0 aromatic carbocycles. The highest BCUT2D eigenvalue weighted by atomic mass is 16.2. The summed E-state index contributed by atoms with van der Waals surface area (Å²) in [4.78, 5) is 29.0. The van der Waals surface area contributed by atoms with Crippen LogP contribution in [0.5, 0.6) is 0 Å². The number of nitrogens with two attached hydrogens (primary N) is 1. The SMILES string of the molecule is CN(C)C(=O)c1ncc(C2=CCN(Cc3cc4c(-c5ccc(N)nn5)ccnc4n3C)CC2)cn1. The summed E-state index contributed by atoms with van der Waals surface area (Å²) in [6.45, 7) is 2.53. The van der Waals surface area contributed by atoms with Crippen LogP contribution in [0.15, 0.2) is 48.9 Å². The molecule has 35 heavy (non-hydrogen) atoms. The van der Waals surface area contributed by atoms with E-state index in [1.165, 1.54) is 16.2 Å². The van der Waals surface area contributed by atoms with Crippen LogP contribution in [0.4, 0.5) is 5.82 Å². The summed E-state index contributed by atoms with van der Waals surface area (Å²) in [7, 11) is 5.43. The standard InChI is InChI=1S/C25H27N9O/c1-32(2)25(35)23-28-13-17(14-29-23)16-7-10-34(11-8-16)15-18-12-20-19(6-9-27-24(20)33(18)3)21-4-5-22(26)31-30-21/h4-7,9,12-14H,8,10-11,15H2,1-3H3,(H2,26,31). The Bertz CT molecular complexity index is 1410. The van der Waals surface area contributed by atoms with Gasteiger partial charge in [0.05, 0.1) is 5.69 Å². The Labute approximate surface area is 203 Å². The third kappa shape index (κ3) is 4.47. The van der Waals surface area contributed by atoms with Crippen molar-refractivity contribution in [1.82, 2.24) is 39.5 Å². The molecule has 0 saturated heterocycles. The molecule has 0 unspecified atom stereocenters. The molecule has 5 heterocycles. The molecule has 2 N–H and O–H groups in total. The van der Waals surface area contributed by atoms with Gasteiger partial charge in [0.25, 0.3) is 5.91 Å². The second-order valence-electron chi connectivity index (χ2n) is 8.84. The molecular formula is C25H27N9O. The molecule has 0 aliphatic carbocycles. The number of carbonyl (C=O) groups is 1. The number of carbonyl (C=O) groups excluding carboxylic acids is 1. The summed E-state index contributed by atoms with van der Waals surface area (Å²) < 4.78 is 2.14. The molecule has 10 heteroatoms. The maximum Gasteiger partial charge on any atom is 0.291 e. The number of fused-ring (bicyclic) bond motifs is 1. The van der Waals surface area contributed by atoms with Gasteiger partial charge >= 0.3 is 0 Å². The van der Waals surface area contributed by atoms with E-state index in [0.29, 0.717) is 5.82 Å². The van der Waals surface area contributed by atoms with E-state index in [1.54, 1.807) is 38.8 Å². The lowest BCUT2D eigenvalue weighted by atomic mass is 10.0. The molecule has 4 aromatic rings. The number of pyridine rings is 1. The molecule has 5 rings (SSSR count). The predicted molar refractivity (Wildman–Crippen MR) is 134 cm³/mol. The molecular weight excluding hydrogens is 442 g/mol. The summed E-state index contributed by atoms with van der Waals surface area (Å²) in [5.41, 5.74) is 11.7. The smallest absolute Gasteiger partial charge is 0.291 e. The number of aromatic nitrogens is 6. The van der Waals surface area contributed by atoms with Gasteiger partial charge in [-0.15, -0.1) is 10.2 Å². The molecule has 10 nitrogen and oxygen atoms in total. The molecule has 0 bridgehead atoms. The van der Waals surface area contributed by atoms with E-state index in [-0.39, 0.29) is 11.7 Å². The van der Waals surface area contributed by atoms with Gasteiger partial charge in [-0.2, -0.15) is 0 Å². The van der Waals surface area contributed by atoms with Crippen molar-refractivity contribution >= 4 is 28.3 Å². The van der Waals surface area contributed by atoms with Crippen molar-refractivity contribution in [3.63, 3.8) is 0 Å². The third-order valence-corrected chi connectivity index (χ3v) is 6.29. The Morgan fingerprint density at radius 3 is 2.57 bits per heavy atom. The van der Waals surface area contributed by atoms with Crippen LogP contribution in [0.2, 0.25) is 0 Å². The number of anilines is 1. The monoisotopic (exact) mass is 469 g/mol. The van der Waals surface area contributed by atoms with Crippen molar-refractivity contribution in [2.24, 2.45) is 7.05 Å². The fourth-order valence-corrected chi connectivity index (χ4v) is 4.28. The Morgan fingerprint density at radius 2 is 1.91 bits per heavy atom. The zero-order valence-electron chi connectivity index (χ0n) is 20.0. The average Bonchev–Trinajstić information content (AvgIpc) is 3.20. The van der Waals surface area contributed by atoms with Crippen molar-refractivity contribution in [3.8, 4) is 11.3 Å². The van der Waals surface area contributed by atoms with Gasteiger partial charge in [0.15, 0.2) is 0 Å². The van der Waals surface area contributed by atoms with Gasteiger partial charge in [0.1, 0.15) is 11.5 Å². The summed E-state index contributed by atoms with van der Waals surface area (Å²) in [6.07, 6.45) is 8.38. The molecule has 0 radical (unpaired) electrons. The van der Waals surface area contributed by atoms with Crippen molar-refractivity contribution in [3.05, 3.63) is 66.0 Å². The van der Waals surface area contributed by atoms with Crippen molar-refractivity contribution < 1.29 is 4.79 Å². The predicted octanol–water partition coefficient (Wildman–Crippen LogP) is 2.39. The number of aryl methyl sites for hydroxylation is 1. The first kappa shape index (κ1) is 22.6. The molecule has 1 amide bonds. The van der Waals surface area contributed by atoms with Crippen LogP contribution in [-0.2, 0) is 13.6 Å². The third-order valence-electron chi connectivity index (χ3n) is 6.29. The van der Waals surface area contributed by atoms with Gasteiger partial charge in [0, 0.05) is 81.6 Å². The van der Waals surface area contributed by atoms with Gasteiger partial charge in [-0.25, -0.2) is 15.0 Å². The lowest BCUT2D eigenvalue weighted by molar-refractivity contribution is 0.0815. The van der Waals surface area contributed by atoms with Gasteiger partial charge in [-0.05, 0) is 36.3 Å². The molecule has 1 aliphatic heterocycles. The number of hydrogen-bond acceptors (Lipinski definition) is 8. The van der Waals surface area contributed by atoms with Gasteiger partial charge in [0.2, 0.25) is 5.82 Å². The van der Waals surface area contributed by atoms with Crippen LogP contribution in [-0.4, -0.2) is 72.6 Å². The van der Waals surface area contributed by atoms with Crippen molar-refractivity contribution in [2.75, 3.05) is 32.9 Å². The number of amides is 1. The molecule has 0 atom stereocenters. The first-order valence-electron chi connectivity index (χ1n) is 11.4. The Balaban J connectivity index is 1.32. The Hall–Kier alpha value is -4.18. The quantitative estimate of drug-likeness (QED) is 0.473. The minimum Gasteiger partial charge on any atom is -0.382 e. The molecule has 1 aliphatic rings. The number of hydrogen-bond donors (Lipinski definition) is 1. The molecule has 178 valence electrons. The summed E-state index contributed by atoms with van der Waals surface area (Å²) >= 11 is 0. The number of rotatable bonds is 5. The molecule has 0 fully saturated rings. The lowest BCUT2D eigenvalue weighted by Crippen LogP contribution is -2.29. The second kappa shape index (κ2) is 9.22. The van der Waals surface area contributed by atoms with Crippen molar-refractivity contribution in [2.45, 2.75) is 13.0 Å². The first-order valence-corrected chi connectivity index (χ1v) is 11.4. The highest BCUT2D eigenvalue weighted by molar-refractivity contribution is 5.93.